The van der Waals surface area contributed by atoms with Gasteiger partial charge >= 0.3 is 0 Å². The summed E-state index contributed by atoms with van der Waals surface area (Å²) in [6.07, 6.45) is 8.67. The van der Waals surface area contributed by atoms with Crippen LogP contribution in [0.25, 0.3) is 16.7 Å². The van der Waals surface area contributed by atoms with Gasteiger partial charge in [0.05, 0.1) is 0 Å². The third-order valence-corrected chi connectivity index (χ3v) is 5.04. The van der Waals surface area contributed by atoms with E-state index in [9.17, 15) is 5.11 Å². The first-order valence-electron chi connectivity index (χ1n) is 10.4. The van der Waals surface area contributed by atoms with Gasteiger partial charge in [-0.05, 0) is 50.7 Å². The second kappa shape index (κ2) is 9.69. The third-order valence-electron chi connectivity index (χ3n) is 5.04. The Kier molecular flexibility index (Phi) is 7.04. The fourth-order valence-electron chi connectivity index (χ4n) is 3.58. The van der Waals surface area contributed by atoms with Gasteiger partial charge in [-0.15, -0.1) is 15.0 Å². The number of hydrogen-bond acceptors (Lipinski definition) is 4. The van der Waals surface area contributed by atoms with Gasteiger partial charge < -0.3 is 10.0 Å². The van der Waals surface area contributed by atoms with Crippen LogP contribution in [0.5, 0.6) is 5.75 Å². The molecule has 1 heterocycles. The molecular weight excluding hydrogens is 348 g/mol. The Balaban J connectivity index is 1.85. The normalized spacial score (nSPS) is 11.6. The van der Waals surface area contributed by atoms with Crippen molar-refractivity contribution in [2.75, 3.05) is 14.1 Å². The van der Waals surface area contributed by atoms with Crippen LogP contribution in [-0.2, 0) is 13.0 Å². The van der Waals surface area contributed by atoms with Crippen LogP contribution in [0.3, 0.4) is 0 Å². The monoisotopic (exact) mass is 380 g/mol. The highest BCUT2D eigenvalue weighted by Gasteiger charge is 2.15. The highest BCUT2D eigenvalue weighted by atomic mass is 16.3. The highest BCUT2D eigenvalue weighted by Crippen LogP contribution is 2.29. The number of benzene rings is 2. The Bertz CT molecular complexity index is 868. The predicted molar refractivity (Wildman–Crippen MR) is 115 cm³/mol. The lowest BCUT2D eigenvalue weighted by molar-refractivity contribution is 0.384. The molecule has 0 aliphatic rings. The average molecular weight is 381 g/mol. The van der Waals surface area contributed by atoms with Crippen LogP contribution in [0.15, 0.2) is 36.4 Å². The van der Waals surface area contributed by atoms with E-state index in [0.717, 1.165) is 23.0 Å². The number of rotatable bonds is 10. The minimum atomic E-state index is 0.265. The molecule has 5 heteroatoms. The first kappa shape index (κ1) is 20.3. The van der Waals surface area contributed by atoms with Crippen LogP contribution in [0.4, 0.5) is 0 Å². The molecule has 1 N–H and O–H groups in total. The van der Waals surface area contributed by atoms with Crippen molar-refractivity contribution in [2.24, 2.45) is 0 Å². The third kappa shape index (κ3) is 5.10. The van der Waals surface area contributed by atoms with Crippen LogP contribution in [0.1, 0.15) is 56.6 Å². The molecule has 0 bridgehead atoms. The molecule has 0 radical (unpaired) electrons. The van der Waals surface area contributed by atoms with Gasteiger partial charge in [0.25, 0.3) is 0 Å². The van der Waals surface area contributed by atoms with Gasteiger partial charge in [0, 0.05) is 12.1 Å². The van der Waals surface area contributed by atoms with E-state index < -0.39 is 0 Å². The van der Waals surface area contributed by atoms with Crippen LogP contribution >= 0.6 is 0 Å². The zero-order valence-electron chi connectivity index (χ0n) is 17.4. The molecule has 0 fully saturated rings. The van der Waals surface area contributed by atoms with E-state index in [0.29, 0.717) is 12.2 Å². The molecule has 0 amide bonds. The highest BCUT2D eigenvalue weighted by molar-refractivity contribution is 5.73. The van der Waals surface area contributed by atoms with Crippen molar-refractivity contribution in [3.8, 4) is 11.4 Å². The zero-order valence-corrected chi connectivity index (χ0v) is 17.4. The Hall–Kier alpha value is -2.40. The van der Waals surface area contributed by atoms with Crippen LogP contribution in [-0.4, -0.2) is 39.1 Å². The van der Waals surface area contributed by atoms with Gasteiger partial charge in [0.2, 0.25) is 0 Å². The molecule has 150 valence electrons. The molecule has 0 saturated heterocycles. The fourth-order valence-corrected chi connectivity index (χ4v) is 3.58. The van der Waals surface area contributed by atoms with Crippen LogP contribution < -0.4 is 0 Å². The number of aromatic hydroxyl groups is 1. The second-order valence-electron chi connectivity index (χ2n) is 7.86. The summed E-state index contributed by atoms with van der Waals surface area (Å²) in [5, 5.41) is 20.0. The molecule has 3 rings (SSSR count). The summed E-state index contributed by atoms with van der Waals surface area (Å²) in [4.78, 5) is 3.64. The zero-order chi connectivity index (χ0) is 19.9. The first-order chi connectivity index (χ1) is 13.6. The Morgan fingerprint density at radius 2 is 1.57 bits per heavy atom. The molecule has 5 nitrogen and oxygen atoms in total. The Morgan fingerprint density at radius 3 is 2.21 bits per heavy atom. The number of fused-ring (bicyclic) bond motifs is 1. The summed E-state index contributed by atoms with van der Waals surface area (Å²) in [6.45, 7) is 2.93. The summed E-state index contributed by atoms with van der Waals surface area (Å²) in [7, 11) is 4.03. The molecule has 3 aromatic rings. The lowest BCUT2D eigenvalue weighted by Gasteiger charge is -2.16. The maximum Gasteiger partial charge on any atom is 0.147 e. The lowest BCUT2D eigenvalue weighted by atomic mass is 10.0. The van der Waals surface area contributed by atoms with Crippen molar-refractivity contribution >= 4 is 11.0 Å². The van der Waals surface area contributed by atoms with E-state index in [1.54, 1.807) is 4.80 Å². The second-order valence-corrected chi connectivity index (χ2v) is 7.86. The van der Waals surface area contributed by atoms with E-state index in [2.05, 4.69) is 28.1 Å². The van der Waals surface area contributed by atoms with Gasteiger partial charge in [-0.25, -0.2) is 0 Å². The van der Waals surface area contributed by atoms with E-state index in [1.165, 1.54) is 44.1 Å². The molecule has 0 aliphatic heterocycles. The van der Waals surface area contributed by atoms with Crippen molar-refractivity contribution in [1.82, 2.24) is 19.9 Å². The number of nitrogens with zero attached hydrogens (tertiary/aromatic N) is 4. The topological polar surface area (TPSA) is 54.2 Å². The van der Waals surface area contributed by atoms with Crippen molar-refractivity contribution in [2.45, 2.75) is 58.4 Å². The number of aryl methyl sites for hydroxylation is 1. The summed E-state index contributed by atoms with van der Waals surface area (Å²) >= 11 is 0. The van der Waals surface area contributed by atoms with Gasteiger partial charge in [-0.3, -0.25) is 0 Å². The molecule has 0 aliphatic carbocycles. The number of phenolic OH excluding ortho intramolecular Hbond substituents is 1. The molecule has 0 saturated carbocycles. The number of phenols is 1. The minimum Gasteiger partial charge on any atom is -0.505 e. The molecule has 0 spiro atoms. The Labute approximate surface area is 168 Å². The van der Waals surface area contributed by atoms with Gasteiger partial charge in [0.15, 0.2) is 0 Å². The number of hydrogen-bond donors (Lipinski definition) is 1. The standard InChI is InChI=1S/C23H32N4O/c1-4-5-6-7-8-9-12-18-15-19(17-26(2)3)23(28)22(16-18)27-24-20-13-10-11-14-21(20)25-27/h10-11,13-16,28H,4-9,12,17H2,1-3H3. The van der Waals surface area contributed by atoms with Crippen molar-refractivity contribution < 1.29 is 5.11 Å². The van der Waals surface area contributed by atoms with Gasteiger partial charge in [-0.1, -0.05) is 57.2 Å². The van der Waals surface area contributed by atoms with Crippen LogP contribution in [0, 0.1) is 0 Å². The van der Waals surface area contributed by atoms with Crippen molar-refractivity contribution in [3.63, 3.8) is 0 Å². The maximum absolute atomic E-state index is 10.9. The smallest absolute Gasteiger partial charge is 0.147 e. The largest absolute Gasteiger partial charge is 0.505 e. The summed E-state index contributed by atoms with van der Waals surface area (Å²) in [5.41, 5.74) is 4.48. The summed E-state index contributed by atoms with van der Waals surface area (Å²) in [6, 6.07) is 12.0. The Morgan fingerprint density at radius 1 is 0.929 bits per heavy atom. The lowest BCUT2D eigenvalue weighted by Crippen LogP contribution is -2.12. The van der Waals surface area contributed by atoms with Crippen molar-refractivity contribution in [1.29, 1.82) is 0 Å². The SMILES string of the molecule is CCCCCCCCc1cc(CN(C)C)c(O)c(-n2nc3ccccc3n2)c1. The van der Waals surface area contributed by atoms with Gasteiger partial charge in [-0.2, -0.15) is 0 Å². The minimum absolute atomic E-state index is 0.265. The number of unbranched alkanes of at least 4 members (excludes halogenated alkanes) is 5. The molecule has 2 aromatic carbocycles. The molecule has 1 aromatic heterocycles. The van der Waals surface area contributed by atoms with Gasteiger partial charge in [0.1, 0.15) is 22.5 Å². The first-order valence-corrected chi connectivity index (χ1v) is 10.4. The number of aromatic nitrogens is 3. The summed E-state index contributed by atoms with van der Waals surface area (Å²) in [5.74, 6) is 0.265. The van der Waals surface area contributed by atoms with E-state index in [1.807, 2.05) is 44.4 Å². The van der Waals surface area contributed by atoms with Crippen molar-refractivity contribution in [3.05, 3.63) is 47.5 Å². The van der Waals surface area contributed by atoms with E-state index >= 15 is 0 Å². The quantitative estimate of drug-likeness (QED) is 0.498. The summed E-state index contributed by atoms with van der Waals surface area (Å²) < 4.78 is 0. The average Bonchev–Trinajstić information content (AvgIpc) is 3.10. The molecule has 0 atom stereocenters. The molecule has 28 heavy (non-hydrogen) atoms. The molecule has 0 unspecified atom stereocenters. The van der Waals surface area contributed by atoms with E-state index in [4.69, 9.17) is 0 Å². The maximum atomic E-state index is 10.9. The fraction of sp³-hybridized carbons (Fsp3) is 0.478. The predicted octanol–water partition coefficient (Wildman–Crippen LogP) is 5.09. The molecular formula is C23H32N4O. The van der Waals surface area contributed by atoms with E-state index in [-0.39, 0.29) is 5.75 Å². The van der Waals surface area contributed by atoms with Crippen LogP contribution in [0.2, 0.25) is 0 Å².